The number of ketones is 1. The minimum atomic E-state index is -1.19. The average Bonchev–Trinajstić information content (AvgIpc) is 3.09. The van der Waals surface area contributed by atoms with E-state index < -0.39 is 29.3 Å². The van der Waals surface area contributed by atoms with Crippen molar-refractivity contribution in [3.05, 3.63) is 100 Å². The number of nitrogens with zero attached hydrogens (tertiary/aromatic N) is 2. The third-order valence-corrected chi connectivity index (χ3v) is 5.59. The molecule has 0 spiro atoms. The lowest BCUT2D eigenvalue weighted by atomic mass is 9.94. The molecule has 4 rings (SSSR count). The number of aryl methyl sites for hydroxylation is 1. The van der Waals surface area contributed by atoms with Crippen LogP contribution < -0.4 is 9.64 Å². The van der Waals surface area contributed by atoms with Gasteiger partial charge < -0.3 is 9.84 Å². The molecule has 1 fully saturated rings. The number of halogens is 1. The summed E-state index contributed by atoms with van der Waals surface area (Å²) in [7, 11) is 1.52. The van der Waals surface area contributed by atoms with Crippen LogP contribution in [0.3, 0.4) is 0 Å². The second-order valence-electron chi connectivity index (χ2n) is 7.53. The summed E-state index contributed by atoms with van der Waals surface area (Å²) in [5.74, 6) is -2.28. The first-order valence-electron chi connectivity index (χ1n) is 10.1. The molecule has 1 unspecified atom stereocenters. The van der Waals surface area contributed by atoms with Gasteiger partial charge in [-0.15, -0.1) is 0 Å². The van der Waals surface area contributed by atoms with E-state index in [4.69, 9.17) is 10.00 Å². The Balaban J connectivity index is 1.95. The summed E-state index contributed by atoms with van der Waals surface area (Å²) in [6.45, 7) is 1.78. The molecule has 0 aromatic heterocycles. The number of hydrogen-bond acceptors (Lipinski definition) is 5. The number of nitriles is 1. The van der Waals surface area contributed by atoms with Gasteiger partial charge >= 0.3 is 0 Å². The summed E-state index contributed by atoms with van der Waals surface area (Å²) in [5.41, 5.74) is 1.52. The monoisotopic (exact) mass is 442 g/mol. The van der Waals surface area contributed by atoms with E-state index in [-0.39, 0.29) is 11.1 Å². The van der Waals surface area contributed by atoms with E-state index in [2.05, 4.69) is 0 Å². The molecule has 1 aliphatic rings. The van der Waals surface area contributed by atoms with Crippen molar-refractivity contribution in [2.75, 3.05) is 12.0 Å². The molecule has 1 aliphatic heterocycles. The van der Waals surface area contributed by atoms with E-state index in [1.54, 1.807) is 31.2 Å². The molecule has 6 nitrogen and oxygen atoms in total. The van der Waals surface area contributed by atoms with Crippen molar-refractivity contribution < 1.29 is 23.8 Å². The lowest BCUT2D eigenvalue weighted by Gasteiger charge is -2.25. The molecule has 0 saturated carbocycles. The number of anilines is 1. The molecular weight excluding hydrogens is 423 g/mol. The van der Waals surface area contributed by atoms with Crippen molar-refractivity contribution in [2.24, 2.45) is 0 Å². The Bertz CT molecular complexity index is 1340. The number of Topliss-reactive ketones (excluding diaryl/α,β-unsaturated/α-hetero) is 1. The van der Waals surface area contributed by atoms with Crippen LogP contribution in [0.25, 0.3) is 5.76 Å². The predicted octanol–water partition coefficient (Wildman–Crippen LogP) is 4.64. The van der Waals surface area contributed by atoms with E-state index in [1.165, 1.54) is 49.6 Å². The molecule has 1 heterocycles. The lowest BCUT2D eigenvalue weighted by Crippen LogP contribution is -2.29. The summed E-state index contributed by atoms with van der Waals surface area (Å²) < 4.78 is 20.1. The molecule has 3 aromatic carbocycles. The smallest absolute Gasteiger partial charge is 0.300 e. The average molecular weight is 442 g/mol. The van der Waals surface area contributed by atoms with E-state index in [0.717, 1.165) is 4.90 Å². The van der Waals surface area contributed by atoms with Crippen LogP contribution in [0.1, 0.15) is 28.3 Å². The van der Waals surface area contributed by atoms with Crippen LogP contribution in [-0.2, 0) is 9.59 Å². The van der Waals surface area contributed by atoms with Crippen LogP contribution in [0.2, 0.25) is 0 Å². The van der Waals surface area contributed by atoms with Gasteiger partial charge in [-0.25, -0.2) is 4.39 Å². The Hall–Kier alpha value is -4.44. The van der Waals surface area contributed by atoms with Gasteiger partial charge in [0.15, 0.2) is 0 Å². The number of aliphatic hydroxyl groups excluding tert-OH is 1. The number of rotatable bonds is 4. The Morgan fingerprint density at radius 1 is 1.09 bits per heavy atom. The molecule has 0 radical (unpaired) electrons. The molecule has 7 heteroatoms. The maximum absolute atomic E-state index is 14.9. The van der Waals surface area contributed by atoms with Gasteiger partial charge in [0.25, 0.3) is 11.7 Å². The number of ether oxygens (including phenoxy) is 1. The van der Waals surface area contributed by atoms with Gasteiger partial charge in [-0.1, -0.05) is 18.2 Å². The topological polar surface area (TPSA) is 90.6 Å². The van der Waals surface area contributed by atoms with Crippen LogP contribution in [-0.4, -0.2) is 23.9 Å². The highest BCUT2D eigenvalue weighted by molar-refractivity contribution is 6.51. The normalized spacial score (nSPS) is 17.2. The number of methoxy groups -OCH3 is 1. The van der Waals surface area contributed by atoms with Crippen LogP contribution in [0.4, 0.5) is 10.1 Å². The zero-order chi connectivity index (χ0) is 23.7. The Morgan fingerprint density at radius 2 is 1.79 bits per heavy atom. The van der Waals surface area contributed by atoms with Crippen LogP contribution in [0.15, 0.2) is 72.3 Å². The zero-order valence-corrected chi connectivity index (χ0v) is 17.9. The van der Waals surface area contributed by atoms with Crippen molar-refractivity contribution in [3.63, 3.8) is 0 Å². The predicted molar refractivity (Wildman–Crippen MR) is 120 cm³/mol. The first-order valence-corrected chi connectivity index (χ1v) is 10.1. The molecule has 0 aliphatic carbocycles. The quantitative estimate of drug-likeness (QED) is 0.361. The minimum absolute atomic E-state index is 0.0628. The van der Waals surface area contributed by atoms with Crippen LogP contribution >= 0.6 is 0 Å². The maximum atomic E-state index is 14.9. The van der Waals surface area contributed by atoms with Gasteiger partial charge in [-0.2, -0.15) is 5.26 Å². The number of carbonyl (C=O) groups is 2. The van der Waals surface area contributed by atoms with Gasteiger partial charge in [-0.3, -0.25) is 14.5 Å². The highest BCUT2D eigenvalue weighted by atomic mass is 19.1. The fourth-order valence-electron chi connectivity index (χ4n) is 3.97. The van der Waals surface area contributed by atoms with Crippen molar-refractivity contribution in [1.82, 2.24) is 0 Å². The first kappa shape index (κ1) is 21.8. The fourth-order valence-corrected chi connectivity index (χ4v) is 3.97. The molecule has 1 amide bonds. The second-order valence-corrected chi connectivity index (χ2v) is 7.53. The Labute approximate surface area is 189 Å². The van der Waals surface area contributed by atoms with Gasteiger partial charge in [0, 0.05) is 16.8 Å². The van der Waals surface area contributed by atoms with E-state index >= 15 is 0 Å². The van der Waals surface area contributed by atoms with Crippen LogP contribution in [0, 0.1) is 24.1 Å². The number of benzene rings is 3. The summed E-state index contributed by atoms with van der Waals surface area (Å²) in [5, 5.41) is 20.2. The fraction of sp³-hybridized carbons (Fsp3) is 0.115. The third-order valence-electron chi connectivity index (χ3n) is 5.59. The van der Waals surface area contributed by atoms with Crippen LogP contribution in [0.5, 0.6) is 5.75 Å². The second kappa shape index (κ2) is 8.60. The Kier molecular flexibility index (Phi) is 5.67. The number of carbonyl (C=O) groups excluding carboxylic acids is 2. The SMILES string of the molecule is COc1ccc(/C(O)=C2\C(=O)C(=O)N(c3ccc(C#N)cc3)C2c2ccccc2F)cc1C. The van der Waals surface area contributed by atoms with Crippen molar-refractivity contribution in [1.29, 1.82) is 5.26 Å². The molecule has 33 heavy (non-hydrogen) atoms. The third kappa shape index (κ3) is 3.72. The molecule has 0 bridgehead atoms. The molecule has 3 aromatic rings. The van der Waals surface area contributed by atoms with E-state index in [1.807, 2.05) is 6.07 Å². The van der Waals surface area contributed by atoms with E-state index in [9.17, 15) is 19.1 Å². The molecular formula is C26H19FN2O4. The largest absolute Gasteiger partial charge is 0.507 e. The van der Waals surface area contributed by atoms with Crippen molar-refractivity contribution in [3.8, 4) is 11.8 Å². The zero-order valence-electron chi connectivity index (χ0n) is 17.9. The summed E-state index contributed by atoms with van der Waals surface area (Å²) >= 11 is 0. The number of hydrogen-bond donors (Lipinski definition) is 1. The minimum Gasteiger partial charge on any atom is -0.507 e. The first-order chi connectivity index (χ1) is 15.9. The van der Waals surface area contributed by atoms with Gasteiger partial charge in [-0.05, 0) is 61.0 Å². The maximum Gasteiger partial charge on any atom is 0.300 e. The molecule has 1 N–H and O–H groups in total. The standard InChI is InChI=1S/C26H19FN2O4/c1-15-13-17(9-12-21(15)33-2)24(30)22-23(19-5-3-4-6-20(19)27)29(26(32)25(22)31)18-10-7-16(14-28)8-11-18/h3-13,23,30H,1-2H3/b24-22+. The van der Waals surface area contributed by atoms with E-state index in [0.29, 0.717) is 28.1 Å². The number of amides is 1. The summed E-state index contributed by atoms with van der Waals surface area (Å²) in [4.78, 5) is 27.4. The highest BCUT2D eigenvalue weighted by Gasteiger charge is 2.47. The van der Waals surface area contributed by atoms with Crippen molar-refractivity contribution >= 4 is 23.1 Å². The molecule has 1 atom stereocenters. The summed E-state index contributed by atoms with van der Waals surface area (Å²) in [6.07, 6.45) is 0. The molecule has 164 valence electrons. The van der Waals surface area contributed by atoms with Gasteiger partial charge in [0.05, 0.1) is 30.4 Å². The highest BCUT2D eigenvalue weighted by Crippen LogP contribution is 2.43. The van der Waals surface area contributed by atoms with Crippen molar-refractivity contribution in [2.45, 2.75) is 13.0 Å². The number of aliphatic hydroxyl groups is 1. The van der Waals surface area contributed by atoms with Gasteiger partial charge in [0.2, 0.25) is 0 Å². The molecule has 1 saturated heterocycles. The van der Waals surface area contributed by atoms with Gasteiger partial charge in [0.1, 0.15) is 17.3 Å². The summed E-state index contributed by atoms with van der Waals surface area (Å²) in [6, 6.07) is 17.4. The Morgan fingerprint density at radius 3 is 2.39 bits per heavy atom. The lowest BCUT2D eigenvalue weighted by molar-refractivity contribution is -0.132.